The summed E-state index contributed by atoms with van der Waals surface area (Å²) in [6.07, 6.45) is 6.53. The lowest BCUT2D eigenvalue weighted by atomic mass is 9.67. The number of anilines is 1. The van der Waals surface area contributed by atoms with E-state index in [0.29, 0.717) is 58.2 Å². The maximum absolute atomic E-state index is 13.0. The van der Waals surface area contributed by atoms with Gasteiger partial charge in [0.05, 0.1) is 31.2 Å². The van der Waals surface area contributed by atoms with Crippen molar-refractivity contribution in [2.24, 2.45) is 13.0 Å². The van der Waals surface area contributed by atoms with Crippen LogP contribution in [0.1, 0.15) is 37.8 Å². The number of pyridine rings is 1. The lowest BCUT2D eigenvalue weighted by Gasteiger charge is -2.45. The predicted molar refractivity (Wildman–Crippen MR) is 224 cm³/mol. The molecule has 0 radical (unpaired) electrons. The maximum atomic E-state index is 13.0. The number of aromatic nitrogens is 6. The van der Waals surface area contributed by atoms with Gasteiger partial charge >= 0.3 is 5.97 Å². The van der Waals surface area contributed by atoms with Crippen LogP contribution in [0, 0.1) is 5.92 Å². The van der Waals surface area contributed by atoms with Gasteiger partial charge in [0.1, 0.15) is 25.0 Å². The number of ether oxygens (including phenoxy) is 5. The third-order valence-electron chi connectivity index (χ3n) is 10.7. The second-order valence-electron chi connectivity index (χ2n) is 17.4. The number of rotatable bonds is 21. The van der Waals surface area contributed by atoms with Crippen LogP contribution in [-0.4, -0.2) is 122 Å². The second kappa shape index (κ2) is 18.8. The average Bonchev–Trinajstić information content (AvgIpc) is 3.79. The summed E-state index contributed by atoms with van der Waals surface area (Å²) in [5, 5.41) is 20.1. The molecule has 0 amide bonds. The van der Waals surface area contributed by atoms with Crippen molar-refractivity contribution in [1.29, 1.82) is 0 Å². The number of fused-ring (bicyclic) bond motifs is 1. The Kier molecular flexibility index (Phi) is 14.7. The lowest BCUT2D eigenvalue weighted by Crippen LogP contribution is -2.55. The van der Waals surface area contributed by atoms with Gasteiger partial charge in [-0.05, 0) is 50.4 Å². The van der Waals surface area contributed by atoms with Crippen molar-refractivity contribution in [2.75, 3.05) is 59.0 Å². The molecule has 4 aromatic rings. The van der Waals surface area contributed by atoms with Crippen molar-refractivity contribution in [3.63, 3.8) is 0 Å². The molecule has 14 nitrogen and oxygen atoms in total. The molecule has 4 heterocycles. The lowest BCUT2D eigenvalue weighted by molar-refractivity contribution is -0.193. The Morgan fingerprint density at radius 3 is 2.23 bits per heavy atom. The zero-order valence-corrected chi connectivity index (χ0v) is 37.1. The first kappa shape index (κ1) is 43.6. The summed E-state index contributed by atoms with van der Waals surface area (Å²) in [5.74, 6) is -0.726. The Balaban J connectivity index is 1.58. The molecule has 56 heavy (non-hydrogen) atoms. The number of carboxylic acids is 1. The van der Waals surface area contributed by atoms with Crippen LogP contribution in [-0.2, 0) is 35.5 Å². The van der Waals surface area contributed by atoms with E-state index in [-0.39, 0.29) is 18.6 Å². The van der Waals surface area contributed by atoms with Crippen LogP contribution < -0.4 is 4.90 Å². The maximum Gasteiger partial charge on any atom is 0.336 e. The molecule has 1 saturated carbocycles. The number of hydrogen-bond acceptors (Lipinski definition) is 11. The van der Waals surface area contributed by atoms with Crippen LogP contribution in [0.2, 0.25) is 51.4 Å². The van der Waals surface area contributed by atoms with Gasteiger partial charge < -0.3 is 33.7 Å². The highest BCUT2D eigenvalue weighted by Crippen LogP contribution is 2.46. The molecule has 0 saturated heterocycles. The Bertz CT molecular complexity index is 1850. The summed E-state index contributed by atoms with van der Waals surface area (Å²) in [7, 11) is 2.44. The molecule has 0 aromatic carbocycles. The van der Waals surface area contributed by atoms with E-state index in [2.05, 4.69) is 55.3 Å². The first-order valence-electron chi connectivity index (χ1n) is 19.7. The van der Waals surface area contributed by atoms with Crippen LogP contribution in [0.25, 0.3) is 28.2 Å². The van der Waals surface area contributed by atoms with Crippen molar-refractivity contribution in [3.8, 4) is 22.5 Å². The Hall–Kier alpha value is -3.52. The van der Waals surface area contributed by atoms with Crippen LogP contribution in [0.5, 0.6) is 0 Å². The zero-order valence-electron chi connectivity index (χ0n) is 35.1. The first-order valence-corrected chi connectivity index (χ1v) is 27.1. The molecule has 1 aliphatic rings. The van der Waals surface area contributed by atoms with Gasteiger partial charge in [0.15, 0.2) is 11.2 Å². The van der Waals surface area contributed by atoms with Gasteiger partial charge in [-0.2, -0.15) is 14.7 Å². The number of carbonyl (C=O) groups is 1. The van der Waals surface area contributed by atoms with Crippen molar-refractivity contribution < 1.29 is 33.6 Å². The number of aryl methyl sites for hydroxylation is 1. The van der Waals surface area contributed by atoms with Gasteiger partial charge in [0.2, 0.25) is 0 Å². The van der Waals surface area contributed by atoms with Crippen LogP contribution in [0.3, 0.4) is 0 Å². The molecule has 0 bridgehead atoms. The summed E-state index contributed by atoms with van der Waals surface area (Å²) in [4.78, 5) is 25.2. The van der Waals surface area contributed by atoms with Crippen molar-refractivity contribution >= 4 is 33.6 Å². The molecular formula is C40H63N7O7Si2. The zero-order chi connectivity index (χ0) is 40.7. The molecule has 1 N–H and O–H groups in total. The van der Waals surface area contributed by atoms with Crippen LogP contribution in [0.15, 0.2) is 42.9 Å². The highest BCUT2D eigenvalue weighted by Gasteiger charge is 2.53. The van der Waals surface area contributed by atoms with Crippen LogP contribution >= 0.6 is 0 Å². The normalized spacial score (nSPS) is 19.8. The standard InChI is InChI=1S/C40H63N7O7Si2/c1-29(51-4)33-23-30(13-15-40(33,39(48)49)54-18-17-50-3)36-24-37(46(27-52-19-21-55(5,6)7)28-53-20-22-56(8,9)10)47-38(43-36)32(26-42-47)31-11-12-34(41-25-31)35-14-16-45(2)44-35/h11-12,14,16,24-26,29-30,33H,13,15,17-23,27-28H2,1-10H3,(H,48,49)/t29?,30-,33?,40-/m1/s1. The van der Waals surface area contributed by atoms with E-state index in [4.69, 9.17) is 38.8 Å². The molecule has 0 aliphatic heterocycles. The number of aliphatic carboxylic acids is 1. The van der Waals surface area contributed by atoms with E-state index in [9.17, 15) is 9.90 Å². The molecule has 4 atom stereocenters. The molecule has 1 fully saturated rings. The van der Waals surface area contributed by atoms with Crippen molar-refractivity contribution in [3.05, 3.63) is 48.5 Å². The highest BCUT2D eigenvalue weighted by atomic mass is 28.3. The third-order valence-corrected chi connectivity index (χ3v) is 14.1. The van der Waals surface area contributed by atoms with Gasteiger partial charge in [0.25, 0.3) is 0 Å². The summed E-state index contributed by atoms with van der Waals surface area (Å²) < 4.78 is 33.6. The van der Waals surface area contributed by atoms with Gasteiger partial charge in [-0.25, -0.2) is 9.78 Å². The van der Waals surface area contributed by atoms with E-state index in [1.807, 2.05) is 55.3 Å². The number of carboxylic acid groups (broad SMARTS) is 1. The molecule has 1 aliphatic carbocycles. The number of nitrogens with zero attached hydrogens (tertiary/aromatic N) is 7. The molecule has 5 rings (SSSR count). The van der Waals surface area contributed by atoms with Gasteiger partial charge in [-0.15, -0.1) is 0 Å². The Morgan fingerprint density at radius 1 is 0.982 bits per heavy atom. The van der Waals surface area contributed by atoms with E-state index >= 15 is 0 Å². The fourth-order valence-electron chi connectivity index (χ4n) is 7.14. The molecule has 0 spiro atoms. The molecular weight excluding hydrogens is 747 g/mol. The van der Waals surface area contributed by atoms with Gasteiger partial charge in [-0.3, -0.25) is 9.67 Å². The fourth-order valence-corrected chi connectivity index (χ4v) is 8.65. The first-order chi connectivity index (χ1) is 26.5. The second-order valence-corrected chi connectivity index (χ2v) is 28.7. The molecule has 4 aromatic heterocycles. The minimum absolute atomic E-state index is 0.0882. The van der Waals surface area contributed by atoms with E-state index < -0.39 is 33.6 Å². The van der Waals surface area contributed by atoms with Gasteiger partial charge in [0, 0.05) is 97.7 Å². The molecule has 16 heteroatoms. The number of hydrogen-bond donors (Lipinski definition) is 1. The van der Waals surface area contributed by atoms with E-state index in [1.165, 1.54) is 0 Å². The molecule has 308 valence electrons. The average molecular weight is 810 g/mol. The van der Waals surface area contributed by atoms with E-state index in [1.54, 1.807) is 18.9 Å². The smallest absolute Gasteiger partial charge is 0.336 e. The third kappa shape index (κ3) is 10.9. The summed E-state index contributed by atoms with van der Waals surface area (Å²) in [5.41, 5.74) is 3.35. The SMILES string of the molecule is COCCO[C@]1(C(=O)O)CC[C@@H](c2cc(N(COCC[Si](C)(C)C)COCC[Si](C)(C)C)n3ncc(-c4ccc(-c5ccn(C)n5)nc4)c3n2)CC1C(C)OC. The van der Waals surface area contributed by atoms with E-state index in [0.717, 1.165) is 46.1 Å². The topological polar surface area (TPSA) is 148 Å². The minimum Gasteiger partial charge on any atom is -0.479 e. The fraction of sp³-hybridized carbons (Fsp3) is 0.625. The quantitative estimate of drug-likeness (QED) is 0.0524. The van der Waals surface area contributed by atoms with Gasteiger partial charge in [-0.1, -0.05) is 45.3 Å². The Morgan fingerprint density at radius 2 is 1.68 bits per heavy atom. The van der Waals surface area contributed by atoms with Crippen LogP contribution in [0.4, 0.5) is 5.82 Å². The highest BCUT2D eigenvalue weighted by molar-refractivity contribution is 6.76. The molecule has 2 unspecified atom stereocenters. The minimum atomic E-state index is -1.42. The largest absolute Gasteiger partial charge is 0.479 e. The summed E-state index contributed by atoms with van der Waals surface area (Å²) >= 11 is 0. The monoisotopic (exact) mass is 809 g/mol. The predicted octanol–water partition coefficient (Wildman–Crippen LogP) is 7.03. The summed E-state index contributed by atoms with van der Waals surface area (Å²) in [6.45, 7) is 18.4. The van der Waals surface area contributed by atoms with Crippen molar-refractivity contribution in [2.45, 2.75) is 95.2 Å². The Labute approximate surface area is 333 Å². The summed E-state index contributed by atoms with van der Waals surface area (Å²) in [6, 6.07) is 10.1. The number of methoxy groups -OCH3 is 2. The van der Waals surface area contributed by atoms with Crippen molar-refractivity contribution in [1.82, 2.24) is 29.4 Å².